The molecule has 0 radical (unpaired) electrons. The highest BCUT2D eigenvalue weighted by Crippen LogP contribution is 2.18. The molecule has 2 fully saturated rings. The standard InChI is InChI=1S/C18H34N4O2.HI/c1-5-19-17(20-9-8-18(2,3)4)22-12-10-21(11-13-22)16(23)15-7-6-14-24-15;/h15H,5-14H2,1-4H3,(H,19,20);1H. The molecule has 25 heavy (non-hydrogen) atoms. The van der Waals surface area contributed by atoms with Gasteiger partial charge in [-0.05, 0) is 31.6 Å². The lowest BCUT2D eigenvalue weighted by Crippen LogP contribution is -2.55. The number of piperazine rings is 1. The Hall–Kier alpha value is -0.570. The van der Waals surface area contributed by atoms with E-state index in [9.17, 15) is 4.79 Å². The van der Waals surface area contributed by atoms with Crippen LogP contribution in [0.2, 0.25) is 0 Å². The van der Waals surface area contributed by atoms with Crippen molar-refractivity contribution in [3.05, 3.63) is 0 Å². The SMILES string of the molecule is CCNC(=NCCC(C)(C)C)N1CCN(C(=O)C2CCCO2)CC1.I. The molecule has 0 aromatic heterocycles. The molecule has 1 amide bonds. The lowest BCUT2D eigenvalue weighted by atomic mass is 9.92. The van der Waals surface area contributed by atoms with Crippen LogP contribution < -0.4 is 5.32 Å². The maximum Gasteiger partial charge on any atom is 0.251 e. The molecule has 6 nitrogen and oxygen atoms in total. The van der Waals surface area contributed by atoms with Gasteiger partial charge in [0.2, 0.25) is 0 Å². The molecule has 2 aliphatic rings. The van der Waals surface area contributed by atoms with E-state index >= 15 is 0 Å². The van der Waals surface area contributed by atoms with Crippen LogP contribution in [0.1, 0.15) is 47.0 Å². The average molecular weight is 466 g/mol. The van der Waals surface area contributed by atoms with Crippen LogP contribution in [0.3, 0.4) is 0 Å². The molecule has 0 aliphatic carbocycles. The molecule has 1 unspecified atom stereocenters. The minimum Gasteiger partial charge on any atom is -0.368 e. The van der Waals surface area contributed by atoms with Crippen molar-refractivity contribution in [2.45, 2.75) is 53.1 Å². The Morgan fingerprint density at radius 1 is 1.20 bits per heavy atom. The first-order chi connectivity index (χ1) is 11.4. The summed E-state index contributed by atoms with van der Waals surface area (Å²) >= 11 is 0. The summed E-state index contributed by atoms with van der Waals surface area (Å²) in [6.07, 6.45) is 2.74. The minimum atomic E-state index is -0.203. The van der Waals surface area contributed by atoms with Gasteiger partial charge in [0.25, 0.3) is 5.91 Å². The molecular formula is C18H35IN4O2. The van der Waals surface area contributed by atoms with Crippen molar-refractivity contribution < 1.29 is 9.53 Å². The van der Waals surface area contributed by atoms with Gasteiger partial charge in [-0.3, -0.25) is 9.79 Å². The third-order valence-corrected chi connectivity index (χ3v) is 4.55. The number of carbonyl (C=O) groups excluding carboxylic acids is 1. The fourth-order valence-corrected chi connectivity index (χ4v) is 3.04. The average Bonchev–Trinajstić information content (AvgIpc) is 3.07. The summed E-state index contributed by atoms with van der Waals surface area (Å²) in [5.74, 6) is 1.15. The van der Waals surface area contributed by atoms with Gasteiger partial charge in [-0.2, -0.15) is 0 Å². The van der Waals surface area contributed by atoms with Crippen molar-refractivity contribution in [3.63, 3.8) is 0 Å². The van der Waals surface area contributed by atoms with Gasteiger partial charge < -0.3 is 19.9 Å². The number of carbonyl (C=O) groups is 1. The molecule has 146 valence electrons. The number of amides is 1. The van der Waals surface area contributed by atoms with E-state index in [0.29, 0.717) is 5.41 Å². The summed E-state index contributed by atoms with van der Waals surface area (Å²) in [7, 11) is 0. The smallest absolute Gasteiger partial charge is 0.251 e. The van der Waals surface area contributed by atoms with Crippen LogP contribution in [0.4, 0.5) is 0 Å². The van der Waals surface area contributed by atoms with Gasteiger partial charge in [0, 0.05) is 45.9 Å². The molecule has 0 bridgehead atoms. The first kappa shape index (κ1) is 22.5. The predicted octanol–water partition coefficient (Wildman–Crippen LogP) is 2.33. The van der Waals surface area contributed by atoms with Gasteiger partial charge in [0.1, 0.15) is 6.10 Å². The van der Waals surface area contributed by atoms with Gasteiger partial charge >= 0.3 is 0 Å². The van der Waals surface area contributed by atoms with Gasteiger partial charge in [-0.15, -0.1) is 24.0 Å². The van der Waals surface area contributed by atoms with Crippen molar-refractivity contribution in [1.82, 2.24) is 15.1 Å². The van der Waals surface area contributed by atoms with E-state index in [2.05, 4.69) is 37.9 Å². The molecule has 1 atom stereocenters. The number of ether oxygens (including phenoxy) is 1. The summed E-state index contributed by atoms with van der Waals surface area (Å²) in [4.78, 5) is 21.4. The summed E-state index contributed by atoms with van der Waals surface area (Å²) in [5, 5.41) is 3.39. The topological polar surface area (TPSA) is 57.2 Å². The zero-order valence-electron chi connectivity index (χ0n) is 16.2. The quantitative estimate of drug-likeness (QED) is 0.393. The first-order valence-corrected chi connectivity index (χ1v) is 9.34. The second kappa shape index (κ2) is 10.5. The summed E-state index contributed by atoms with van der Waals surface area (Å²) in [6, 6.07) is 0. The van der Waals surface area contributed by atoms with Crippen molar-refractivity contribution in [3.8, 4) is 0 Å². The fourth-order valence-electron chi connectivity index (χ4n) is 3.04. The predicted molar refractivity (Wildman–Crippen MR) is 113 cm³/mol. The Morgan fingerprint density at radius 3 is 2.36 bits per heavy atom. The highest BCUT2D eigenvalue weighted by molar-refractivity contribution is 14.0. The van der Waals surface area contributed by atoms with Gasteiger partial charge in [-0.1, -0.05) is 20.8 Å². The molecule has 7 heteroatoms. The molecule has 2 heterocycles. The number of aliphatic imine (C=N–C) groups is 1. The highest BCUT2D eigenvalue weighted by atomic mass is 127. The minimum absolute atomic E-state index is 0. The van der Waals surface area contributed by atoms with Crippen LogP contribution in [-0.2, 0) is 9.53 Å². The van der Waals surface area contributed by atoms with E-state index in [1.54, 1.807) is 0 Å². The Kier molecular flexibility index (Phi) is 9.48. The van der Waals surface area contributed by atoms with Crippen LogP contribution in [0.15, 0.2) is 4.99 Å². The van der Waals surface area contributed by atoms with E-state index in [4.69, 9.17) is 9.73 Å². The van der Waals surface area contributed by atoms with Crippen molar-refractivity contribution in [2.75, 3.05) is 45.9 Å². The lowest BCUT2D eigenvalue weighted by molar-refractivity contribution is -0.142. The van der Waals surface area contributed by atoms with Crippen molar-refractivity contribution in [1.29, 1.82) is 0 Å². The normalized spacial score (nSPS) is 21.9. The summed E-state index contributed by atoms with van der Waals surface area (Å²) in [5.41, 5.74) is 0.299. The molecule has 0 spiro atoms. The first-order valence-electron chi connectivity index (χ1n) is 9.34. The zero-order chi connectivity index (χ0) is 17.6. The number of nitrogens with one attached hydrogen (secondary N) is 1. The molecule has 0 saturated carbocycles. The summed E-state index contributed by atoms with van der Waals surface area (Å²) < 4.78 is 5.52. The Morgan fingerprint density at radius 2 is 1.84 bits per heavy atom. The number of hydrogen-bond acceptors (Lipinski definition) is 3. The maximum absolute atomic E-state index is 12.4. The Balaban J connectivity index is 0.00000312. The Labute approximate surface area is 169 Å². The number of guanidine groups is 1. The van der Waals surface area contributed by atoms with Crippen LogP contribution >= 0.6 is 24.0 Å². The molecule has 1 N–H and O–H groups in total. The number of nitrogens with zero attached hydrogens (tertiary/aromatic N) is 3. The number of halogens is 1. The molecular weight excluding hydrogens is 431 g/mol. The van der Waals surface area contributed by atoms with Crippen LogP contribution in [0, 0.1) is 5.41 Å². The molecule has 2 saturated heterocycles. The monoisotopic (exact) mass is 466 g/mol. The van der Waals surface area contributed by atoms with Crippen molar-refractivity contribution >= 4 is 35.8 Å². The molecule has 2 rings (SSSR count). The second-order valence-electron chi connectivity index (χ2n) is 7.86. The van der Waals surface area contributed by atoms with Crippen LogP contribution in [0.25, 0.3) is 0 Å². The Bertz CT molecular complexity index is 437. The van der Waals surface area contributed by atoms with Gasteiger partial charge in [0.05, 0.1) is 0 Å². The van der Waals surface area contributed by atoms with Gasteiger partial charge in [-0.25, -0.2) is 0 Å². The molecule has 0 aromatic rings. The van der Waals surface area contributed by atoms with E-state index in [1.807, 2.05) is 4.90 Å². The van der Waals surface area contributed by atoms with E-state index < -0.39 is 0 Å². The maximum atomic E-state index is 12.4. The van der Waals surface area contributed by atoms with E-state index in [0.717, 1.165) is 71.1 Å². The van der Waals surface area contributed by atoms with Crippen LogP contribution in [0.5, 0.6) is 0 Å². The fraction of sp³-hybridized carbons (Fsp3) is 0.889. The number of rotatable bonds is 4. The van der Waals surface area contributed by atoms with E-state index in [-0.39, 0.29) is 36.0 Å². The summed E-state index contributed by atoms with van der Waals surface area (Å²) in [6.45, 7) is 14.4. The lowest BCUT2D eigenvalue weighted by Gasteiger charge is -2.37. The molecule has 0 aromatic carbocycles. The van der Waals surface area contributed by atoms with E-state index in [1.165, 1.54) is 0 Å². The molecule has 2 aliphatic heterocycles. The largest absolute Gasteiger partial charge is 0.368 e. The zero-order valence-corrected chi connectivity index (χ0v) is 18.5. The third kappa shape index (κ3) is 7.29. The van der Waals surface area contributed by atoms with Crippen molar-refractivity contribution in [2.24, 2.45) is 10.4 Å². The third-order valence-electron chi connectivity index (χ3n) is 4.55. The highest BCUT2D eigenvalue weighted by Gasteiger charge is 2.30. The number of hydrogen-bond donors (Lipinski definition) is 1. The van der Waals surface area contributed by atoms with Crippen LogP contribution in [-0.4, -0.2) is 73.6 Å². The van der Waals surface area contributed by atoms with Gasteiger partial charge in [0.15, 0.2) is 5.96 Å². The second-order valence-corrected chi connectivity index (χ2v) is 7.86.